The fourth-order valence-electron chi connectivity index (χ4n) is 2.81. The third kappa shape index (κ3) is 3.61. The van der Waals surface area contributed by atoms with Crippen LogP contribution in [0.5, 0.6) is 5.75 Å². The van der Waals surface area contributed by atoms with Crippen LogP contribution in [0, 0.1) is 0 Å². The minimum atomic E-state index is -0.435. The lowest BCUT2D eigenvalue weighted by Crippen LogP contribution is -2.09. The highest BCUT2D eigenvalue weighted by molar-refractivity contribution is 8.18. The van der Waals surface area contributed by atoms with Crippen LogP contribution in [0.15, 0.2) is 76.6 Å². The number of aliphatic imine (C=N–C) groups is 1. The number of rotatable bonds is 3. The summed E-state index contributed by atoms with van der Waals surface area (Å²) in [4.78, 5) is 28.5. The van der Waals surface area contributed by atoms with E-state index in [0.29, 0.717) is 16.2 Å². The summed E-state index contributed by atoms with van der Waals surface area (Å²) < 4.78 is 5.55. The van der Waals surface area contributed by atoms with E-state index in [4.69, 9.17) is 10.5 Å². The maximum Gasteiger partial charge on any atom is 0.344 e. The maximum atomic E-state index is 12.6. The van der Waals surface area contributed by atoms with E-state index in [1.54, 1.807) is 30.3 Å². The third-order valence-electron chi connectivity index (χ3n) is 4.01. The number of hydrogen-bond donors (Lipinski definition) is 1. The summed E-state index contributed by atoms with van der Waals surface area (Å²) in [5, 5.41) is 2.04. The van der Waals surface area contributed by atoms with E-state index in [-0.39, 0.29) is 11.1 Å². The third-order valence-corrected chi connectivity index (χ3v) is 4.83. The van der Waals surface area contributed by atoms with Crippen molar-refractivity contribution in [2.24, 2.45) is 10.7 Å². The second kappa shape index (κ2) is 7.09. The Morgan fingerprint density at radius 3 is 2.63 bits per heavy atom. The Morgan fingerprint density at radius 2 is 1.81 bits per heavy atom. The summed E-state index contributed by atoms with van der Waals surface area (Å²) in [6.07, 6.45) is 1.67. The van der Waals surface area contributed by atoms with Crippen LogP contribution in [0.25, 0.3) is 16.8 Å². The average molecular weight is 374 g/mol. The molecule has 0 fully saturated rings. The molecule has 1 aliphatic rings. The van der Waals surface area contributed by atoms with Gasteiger partial charge in [0.2, 0.25) is 0 Å². The van der Waals surface area contributed by atoms with Gasteiger partial charge in [0.15, 0.2) is 5.17 Å². The van der Waals surface area contributed by atoms with Gasteiger partial charge >= 0.3 is 5.97 Å². The molecule has 3 aromatic rings. The van der Waals surface area contributed by atoms with Gasteiger partial charge in [-0.05, 0) is 52.4 Å². The molecule has 0 atom stereocenters. The number of benzene rings is 3. The number of ether oxygens (including phenoxy) is 1. The smallest absolute Gasteiger partial charge is 0.344 e. The van der Waals surface area contributed by atoms with Crippen LogP contribution >= 0.6 is 11.8 Å². The summed E-state index contributed by atoms with van der Waals surface area (Å²) in [5.41, 5.74) is 6.78. The van der Waals surface area contributed by atoms with Crippen LogP contribution < -0.4 is 10.5 Å². The zero-order valence-corrected chi connectivity index (χ0v) is 14.9. The first kappa shape index (κ1) is 17.1. The van der Waals surface area contributed by atoms with Crippen molar-refractivity contribution in [1.29, 1.82) is 0 Å². The Labute approximate surface area is 159 Å². The van der Waals surface area contributed by atoms with E-state index in [1.807, 2.05) is 42.5 Å². The van der Waals surface area contributed by atoms with E-state index in [1.165, 1.54) is 0 Å². The molecule has 27 heavy (non-hydrogen) atoms. The van der Waals surface area contributed by atoms with Gasteiger partial charge < -0.3 is 10.5 Å². The number of nitrogens with zero attached hydrogens (tertiary/aromatic N) is 1. The van der Waals surface area contributed by atoms with E-state index < -0.39 is 5.97 Å². The average Bonchev–Trinajstić information content (AvgIpc) is 2.98. The van der Waals surface area contributed by atoms with Gasteiger partial charge in [-0.3, -0.25) is 4.79 Å². The Hall–Kier alpha value is -3.38. The van der Waals surface area contributed by atoms with Crippen molar-refractivity contribution >= 4 is 45.7 Å². The highest BCUT2D eigenvalue weighted by Crippen LogP contribution is 2.27. The minimum absolute atomic E-state index is 0.227. The molecule has 4 rings (SSSR count). The predicted molar refractivity (Wildman–Crippen MR) is 108 cm³/mol. The minimum Gasteiger partial charge on any atom is -0.423 e. The zero-order chi connectivity index (χ0) is 18.8. The molecule has 2 N–H and O–H groups in total. The Kier molecular flexibility index (Phi) is 4.48. The Balaban J connectivity index is 1.59. The number of amides is 1. The van der Waals surface area contributed by atoms with E-state index in [0.717, 1.165) is 28.1 Å². The second-order valence-electron chi connectivity index (χ2n) is 5.85. The number of amidine groups is 1. The van der Waals surface area contributed by atoms with Crippen molar-refractivity contribution in [2.45, 2.75) is 0 Å². The highest BCUT2D eigenvalue weighted by Gasteiger charge is 2.19. The van der Waals surface area contributed by atoms with Crippen molar-refractivity contribution in [1.82, 2.24) is 0 Å². The van der Waals surface area contributed by atoms with Gasteiger partial charge in [-0.15, -0.1) is 0 Å². The largest absolute Gasteiger partial charge is 0.423 e. The molecule has 5 nitrogen and oxygen atoms in total. The Morgan fingerprint density at radius 1 is 1.04 bits per heavy atom. The molecule has 0 aliphatic carbocycles. The molecule has 0 bridgehead atoms. The fraction of sp³-hybridized carbons (Fsp3) is 0. The van der Waals surface area contributed by atoms with Crippen molar-refractivity contribution in [3.8, 4) is 5.75 Å². The van der Waals surface area contributed by atoms with Crippen molar-refractivity contribution in [3.63, 3.8) is 0 Å². The molecule has 0 radical (unpaired) electrons. The van der Waals surface area contributed by atoms with E-state index in [2.05, 4.69) is 4.99 Å². The number of thioether (sulfide) groups is 1. The summed E-state index contributed by atoms with van der Waals surface area (Å²) in [7, 11) is 0. The van der Waals surface area contributed by atoms with Gasteiger partial charge in [-0.25, -0.2) is 4.79 Å². The molecular formula is C21H14N2O3S. The quantitative estimate of drug-likeness (QED) is 0.426. The molecule has 0 aromatic heterocycles. The molecule has 1 aliphatic heterocycles. The fourth-order valence-corrected chi connectivity index (χ4v) is 3.49. The first-order chi connectivity index (χ1) is 13.1. The summed E-state index contributed by atoms with van der Waals surface area (Å²) in [5.74, 6) is -0.405. The molecular weight excluding hydrogens is 360 g/mol. The van der Waals surface area contributed by atoms with Crippen LogP contribution in [-0.4, -0.2) is 17.0 Å². The first-order valence-corrected chi connectivity index (χ1v) is 9.00. The molecule has 0 unspecified atom stereocenters. The number of hydrogen-bond acceptors (Lipinski definition) is 5. The molecule has 1 heterocycles. The lowest BCUT2D eigenvalue weighted by molar-refractivity contribution is -0.113. The SMILES string of the molecule is NC1=NC(=O)/C(=C/c2cccc(OC(=O)c3cccc4ccccc34)c2)S1. The highest BCUT2D eigenvalue weighted by atomic mass is 32.2. The van der Waals surface area contributed by atoms with Crippen molar-refractivity contribution in [2.75, 3.05) is 0 Å². The van der Waals surface area contributed by atoms with Gasteiger partial charge in [-0.2, -0.15) is 4.99 Å². The van der Waals surface area contributed by atoms with Crippen LogP contribution in [0.2, 0.25) is 0 Å². The lowest BCUT2D eigenvalue weighted by Gasteiger charge is -2.08. The molecule has 132 valence electrons. The second-order valence-corrected chi connectivity index (χ2v) is 6.92. The van der Waals surface area contributed by atoms with Crippen LogP contribution in [0.1, 0.15) is 15.9 Å². The molecule has 1 amide bonds. The van der Waals surface area contributed by atoms with Crippen LogP contribution in [0.3, 0.4) is 0 Å². The zero-order valence-electron chi connectivity index (χ0n) is 14.1. The van der Waals surface area contributed by atoms with Gasteiger partial charge in [0.25, 0.3) is 5.91 Å². The van der Waals surface area contributed by atoms with E-state index >= 15 is 0 Å². The van der Waals surface area contributed by atoms with Gasteiger partial charge in [0.05, 0.1) is 10.5 Å². The number of nitrogens with two attached hydrogens (primary N) is 1. The van der Waals surface area contributed by atoms with Crippen LogP contribution in [-0.2, 0) is 4.79 Å². The van der Waals surface area contributed by atoms with Gasteiger partial charge in [0.1, 0.15) is 5.75 Å². The van der Waals surface area contributed by atoms with Gasteiger partial charge in [-0.1, -0.05) is 48.5 Å². The molecule has 0 saturated carbocycles. The first-order valence-electron chi connectivity index (χ1n) is 8.18. The standard InChI is InChI=1S/C21H14N2O3S/c22-21-23-19(24)18(27-21)12-13-5-3-8-15(11-13)26-20(25)17-10-4-7-14-6-1-2-9-16(14)17/h1-12H,(H2,22,23,24)/b18-12-. The molecule has 3 aromatic carbocycles. The molecule has 6 heteroatoms. The maximum absolute atomic E-state index is 12.6. The number of fused-ring (bicyclic) bond motifs is 1. The number of carbonyl (C=O) groups excluding carboxylic acids is 2. The summed E-state index contributed by atoms with van der Waals surface area (Å²) >= 11 is 1.12. The van der Waals surface area contributed by atoms with Gasteiger partial charge in [0, 0.05) is 0 Å². The summed E-state index contributed by atoms with van der Waals surface area (Å²) in [6, 6.07) is 20.1. The monoisotopic (exact) mass is 374 g/mol. The topological polar surface area (TPSA) is 81.8 Å². The van der Waals surface area contributed by atoms with E-state index in [9.17, 15) is 9.59 Å². The molecule has 0 spiro atoms. The van der Waals surface area contributed by atoms with Crippen LogP contribution in [0.4, 0.5) is 0 Å². The molecule has 0 saturated heterocycles. The van der Waals surface area contributed by atoms with Crippen molar-refractivity contribution < 1.29 is 14.3 Å². The van der Waals surface area contributed by atoms with Crippen molar-refractivity contribution in [3.05, 3.63) is 82.8 Å². The number of carbonyl (C=O) groups is 2. The summed E-state index contributed by atoms with van der Waals surface area (Å²) in [6.45, 7) is 0. The normalized spacial score (nSPS) is 15.2. The Bertz CT molecular complexity index is 1130. The number of esters is 1. The predicted octanol–water partition coefficient (Wildman–Crippen LogP) is 3.99. The lowest BCUT2D eigenvalue weighted by atomic mass is 10.0.